The molecule has 0 spiro atoms. The average molecular weight is 408 g/mol. The maximum Gasteiger partial charge on any atom is 0.320 e. The van der Waals surface area contributed by atoms with Crippen molar-refractivity contribution >= 4 is 92.8 Å². The Kier molecular flexibility index (Phi) is 8.23. The smallest absolute Gasteiger partial charge is 0.201 e. The molecular formula is C4Cl8F4. The fourth-order valence-corrected chi connectivity index (χ4v) is 0. The van der Waals surface area contributed by atoms with Gasteiger partial charge in [-0.2, -0.15) is 0 Å². The summed E-state index contributed by atoms with van der Waals surface area (Å²) < 4.78 is 34.1. The van der Waals surface area contributed by atoms with Gasteiger partial charge >= 0.3 is 18.3 Å². The predicted octanol–water partition coefficient (Wildman–Crippen LogP) is 6.38. The highest BCUT2D eigenvalue weighted by molar-refractivity contribution is 6.61. The van der Waals surface area contributed by atoms with E-state index in [0.29, 0.717) is 0 Å². The number of halogens is 12. The average Bonchev–Trinajstić information content (AvgIpc) is 1.77. The molecule has 0 saturated carbocycles. The lowest BCUT2D eigenvalue weighted by atomic mass is 10.8. The van der Waals surface area contributed by atoms with Crippen molar-refractivity contribution in [3.8, 4) is 0 Å². The molecule has 0 radical (unpaired) electrons. The second kappa shape index (κ2) is 6.47. The highest BCUT2D eigenvalue weighted by Gasteiger charge is 2.49. The van der Waals surface area contributed by atoms with Crippen LogP contribution in [-0.2, 0) is 0 Å². The van der Waals surface area contributed by atoms with Crippen LogP contribution in [0.2, 0.25) is 0 Å². The van der Waals surface area contributed by atoms with Crippen LogP contribution in [0.4, 0.5) is 17.6 Å². The molecule has 0 aromatic carbocycles. The van der Waals surface area contributed by atoms with Crippen molar-refractivity contribution in [3.05, 3.63) is 0 Å². The van der Waals surface area contributed by atoms with E-state index in [9.17, 15) is 17.6 Å². The zero-order chi connectivity index (χ0) is 14.0. The van der Waals surface area contributed by atoms with Gasteiger partial charge in [-0.3, -0.25) is 0 Å². The van der Waals surface area contributed by atoms with Crippen molar-refractivity contribution in [1.82, 2.24) is 0 Å². The summed E-state index contributed by atoms with van der Waals surface area (Å²) in [5, 5.41) is 0. The van der Waals surface area contributed by atoms with Gasteiger partial charge in [0, 0.05) is 0 Å². The monoisotopic (exact) mass is 404 g/mol. The Labute approximate surface area is 128 Å². The molecule has 0 saturated heterocycles. The summed E-state index contributed by atoms with van der Waals surface area (Å²) in [7, 11) is 0. The van der Waals surface area contributed by atoms with E-state index in [0.717, 1.165) is 0 Å². The molecular weight excluding hydrogens is 408 g/mol. The summed E-state index contributed by atoms with van der Waals surface area (Å²) in [5.74, 6) is 0. The first-order chi connectivity index (χ1) is 6.50. The van der Waals surface area contributed by atoms with E-state index in [2.05, 4.69) is 92.8 Å². The highest BCUT2D eigenvalue weighted by atomic mass is 35.5. The first-order valence-electron chi connectivity index (χ1n) is 2.77. The van der Waals surface area contributed by atoms with E-state index in [1.165, 1.54) is 0 Å². The van der Waals surface area contributed by atoms with Gasteiger partial charge in [0.1, 0.15) is 0 Å². The van der Waals surface area contributed by atoms with Crippen LogP contribution in [0.5, 0.6) is 0 Å². The lowest BCUT2D eigenvalue weighted by molar-refractivity contribution is 0.233. The minimum absolute atomic E-state index is 3.25. The Hall–Kier alpha value is 2.04. The normalized spacial score (nSPS) is 14.2. The van der Waals surface area contributed by atoms with Crippen molar-refractivity contribution in [2.75, 3.05) is 0 Å². The summed E-state index contributed by atoms with van der Waals surface area (Å²) in [5.41, 5.74) is 0. The van der Waals surface area contributed by atoms with E-state index in [-0.39, 0.29) is 0 Å². The van der Waals surface area contributed by atoms with Crippen LogP contribution in [-0.4, -0.2) is 18.3 Å². The first kappa shape index (κ1) is 20.4. The molecule has 0 rings (SSSR count). The Bertz CT molecular complexity index is 158. The molecule has 0 unspecified atom stereocenters. The van der Waals surface area contributed by atoms with Gasteiger partial charge in [-0.05, 0) is 0 Å². The van der Waals surface area contributed by atoms with Gasteiger partial charge in [0.25, 0.3) is 0 Å². The Morgan fingerprint density at radius 1 is 0.375 bits per heavy atom. The summed E-state index contributed by atoms with van der Waals surface area (Å²) >= 11 is 35.8. The van der Waals surface area contributed by atoms with Gasteiger partial charge in [0.2, 0.25) is 0 Å². The molecule has 0 nitrogen and oxygen atoms in total. The van der Waals surface area contributed by atoms with Gasteiger partial charge < -0.3 is 0 Å². The van der Waals surface area contributed by atoms with Gasteiger partial charge in [0.05, 0.1) is 0 Å². The third-order valence-electron chi connectivity index (χ3n) is 0.643. The molecule has 0 fully saturated rings. The Balaban J connectivity index is 0. The van der Waals surface area contributed by atoms with Gasteiger partial charge in [0.15, 0.2) is 0 Å². The highest BCUT2D eigenvalue weighted by Crippen LogP contribution is 2.45. The molecule has 100 valence electrons. The van der Waals surface area contributed by atoms with Gasteiger partial charge in [-0.15, -0.1) is 0 Å². The third-order valence-corrected chi connectivity index (χ3v) is 3.50. The molecule has 0 atom stereocenters. The quantitative estimate of drug-likeness (QED) is 0.368. The zero-order valence-electron chi connectivity index (χ0n) is 6.54. The maximum atomic E-state index is 11.8. The Morgan fingerprint density at radius 3 is 0.438 bits per heavy atom. The lowest BCUT2D eigenvalue weighted by Crippen LogP contribution is -2.26. The number of hydrogen-bond acceptors (Lipinski definition) is 0. The number of hydrogen-bond donors (Lipinski definition) is 0. The van der Waals surface area contributed by atoms with Crippen LogP contribution < -0.4 is 0 Å². The van der Waals surface area contributed by atoms with Crippen LogP contribution >= 0.6 is 92.8 Å². The van der Waals surface area contributed by atoms with Gasteiger partial charge in [-0.25, -0.2) is 17.6 Å². The van der Waals surface area contributed by atoms with Crippen LogP contribution in [0, 0.1) is 0 Å². The second-order valence-corrected chi connectivity index (χ2v) is 6.93. The second-order valence-electron chi connectivity index (χ2n) is 1.99. The van der Waals surface area contributed by atoms with Crippen molar-refractivity contribution in [1.29, 1.82) is 0 Å². The molecule has 0 aromatic heterocycles. The van der Waals surface area contributed by atoms with Crippen molar-refractivity contribution in [2.24, 2.45) is 0 Å². The van der Waals surface area contributed by atoms with E-state index in [1.54, 1.807) is 0 Å². The molecule has 16 heavy (non-hydrogen) atoms. The van der Waals surface area contributed by atoms with E-state index in [4.69, 9.17) is 0 Å². The maximum absolute atomic E-state index is 11.8. The lowest BCUT2D eigenvalue weighted by Gasteiger charge is -2.15. The SMILES string of the molecule is FC(Cl)(Cl)C(F)(Cl)Cl.FC(Cl)(Cl)C(F)(Cl)Cl. The molecule has 0 bridgehead atoms. The summed E-state index contributed by atoms with van der Waals surface area (Å²) in [4.78, 5) is 0. The Morgan fingerprint density at radius 2 is 0.438 bits per heavy atom. The van der Waals surface area contributed by atoms with Crippen LogP contribution in [0.3, 0.4) is 0 Å². The van der Waals surface area contributed by atoms with Crippen LogP contribution in [0.25, 0.3) is 0 Å². The zero-order valence-corrected chi connectivity index (χ0v) is 12.6. The van der Waals surface area contributed by atoms with Crippen LogP contribution in [0.1, 0.15) is 0 Å². The number of alkyl halides is 12. The molecule has 0 aliphatic rings. The van der Waals surface area contributed by atoms with E-state index in [1.807, 2.05) is 0 Å². The molecule has 0 aliphatic heterocycles. The van der Waals surface area contributed by atoms with Crippen molar-refractivity contribution in [2.45, 2.75) is 18.3 Å². The fourth-order valence-electron chi connectivity index (χ4n) is 0. The summed E-state index contributed by atoms with van der Waals surface area (Å²) in [6, 6.07) is 0. The predicted molar refractivity (Wildman–Crippen MR) is 62.2 cm³/mol. The molecule has 0 N–H and O–H groups in total. The van der Waals surface area contributed by atoms with E-state index >= 15 is 0 Å². The van der Waals surface area contributed by atoms with Gasteiger partial charge in [-0.1, -0.05) is 92.8 Å². The standard InChI is InChI=1S/2C2Cl4F2/c2*3-1(4,7)2(5,6)8. The molecule has 0 aromatic rings. The molecule has 0 heterocycles. The third kappa shape index (κ3) is 9.03. The summed E-state index contributed by atoms with van der Waals surface area (Å²) in [6.45, 7) is 0. The minimum atomic E-state index is -3.25. The van der Waals surface area contributed by atoms with Crippen molar-refractivity contribution < 1.29 is 17.6 Å². The first-order valence-corrected chi connectivity index (χ1v) is 5.79. The van der Waals surface area contributed by atoms with Crippen molar-refractivity contribution in [3.63, 3.8) is 0 Å². The summed E-state index contributed by atoms with van der Waals surface area (Å²) in [6.07, 6.45) is 0. The minimum Gasteiger partial charge on any atom is -0.201 e. The number of rotatable bonds is 2. The molecule has 12 heteroatoms. The van der Waals surface area contributed by atoms with Crippen LogP contribution in [0.15, 0.2) is 0 Å². The topological polar surface area (TPSA) is 0 Å². The van der Waals surface area contributed by atoms with E-state index < -0.39 is 18.3 Å². The molecule has 0 aliphatic carbocycles. The fraction of sp³-hybridized carbons (Fsp3) is 1.00. The largest absolute Gasteiger partial charge is 0.320 e. The molecule has 0 amide bonds.